The van der Waals surface area contributed by atoms with Gasteiger partial charge in [-0.25, -0.2) is 9.18 Å². The van der Waals surface area contributed by atoms with Gasteiger partial charge in [-0.2, -0.15) is 0 Å². The van der Waals surface area contributed by atoms with E-state index in [9.17, 15) is 14.0 Å². The topological polar surface area (TPSA) is 77.8 Å². The molecule has 1 N–H and O–H groups in total. The molecule has 0 unspecified atom stereocenters. The van der Waals surface area contributed by atoms with Crippen molar-refractivity contribution in [2.24, 2.45) is 0 Å². The minimum atomic E-state index is -0.840. The second kappa shape index (κ2) is 7.26. The number of methoxy groups -OCH3 is 1. The second-order valence-electron chi connectivity index (χ2n) is 5.50. The van der Waals surface area contributed by atoms with Crippen LogP contribution in [-0.2, 0) is 9.53 Å². The van der Waals surface area contributed by atoms with E-state index in [1.54, 1.807) is 37.3 Å². The van der Waals surface area contributed by atoms with Gasteiger partial charge < -0.3 is 19.2 Å². The summed E-state index contributed by atoms with van der Waals surface area (Å²) in [6.45, 7) is 1.10. The molecule has 1 aromatic heterocycles. The van der Waals surface area contributed by atoms with Gasteiger partial charge in [0, 0.05) is 10.9 Å². The lowest BCUT2D eigenvalue weighted by atomic mass is 10.1. The van der Waals surface area contributed by atoms with Crippen LogP contribution in [0.5, 0.6) is 5.75 Å². The summed E-state index contributed by atoms with van der Waals surface area (Å²) in [6, 6.07) is 11.2. The molecule has 0 bridgehead atoms. The van der Waals surface area contributed by atoms with Gasteiger partial charge in [0.15, 0.2) is 18.0 Å². The summed E-state index contributed by atoms with van der Waals surface area (Å²) in [5.74, 6) is -1.60. The van der Waals surface area contributed by atoms with Gasteiger partial charge in [0.1, 0.15) is 5.75 Å². The Hall–Kier alpha value is -3.35. The number of carbonyl (C=O) groups excluding carboxylic acids is 2. The number of furan rings is 1. The maximum Gasteiger partial charge on any atom is 0.375 e. The maximum absolute atomic E-state index is 13.7. The zero-order chi connectivity index (χ0) is 18.7. The first-order valence-electron chi connectivity index (χ1n) is 7.79. The number of anilines is 1. The molecule has 3 aromatic rings. The van der Waals surface area contributed by atoms with Crippen molar-refractivity contribution in [2.45, 2.75) is 6.92 Å². The molecular weight excluding hydrogens is 341 g/mol. The molecule has 0 saturated heterocycles. The van der Waals surface area contributed by atoms with E-state index >= 15 is 0 Å². The summed E-state index contributed by atoms with van der Waals surface area (Å²) in [5.41, 5.74) is 0.892. The van der Waals surface area contributed by atoms with Gasteiger partial charge in [0.05, 0.1) is 12.8 Å². The Kier molecular flexibility index (Phi) is 4.88. The van der Waals surface area contributed by atoms with Gasteiger partial charge in [-0.15, -0.1) is 0 Å². The van der Waals surface area contributed by atoms with E-state index in [1.807, 2.05) is 0 Å². The summed E-state index contributed by atoms with van der Waals surface area (Å²) >= 11 is 0. The molecule has 2 aromatic carbocycles. The van der Waals surface area contributed by atoms with Gasteiger partial charge in [-0.1, -0.05) is 24.3 Å². The molecule has 0 radical (unpaired) electrons. The Morgan fingerprint density at radius 1 is 1.15 bits per heavy atom. The maximum atomic E-state index is 13.7. The first-order chi connectivity index (χ1) is 12.5. The zero-order valence-corrected chi connectivity index (χ0v) is 14.2. The number of aryl methyl sites for hydroxylation is 1. The van der Waals surface area contributed by atoms with Gasteiger partial charge in [-0.05, 0) is 25.1 Å². The number of nitrogens with one attached hydrogen (secondary N) is 1. The van der Waals surface area contributed by atoms with E-state index in [2.05, 4.69) is 5.32 Å². The third-order valence-electron chi connectivity index (χ3n) is 3.82. The number of rotatable bonds is 5. The Morgan fingerprint density at radius 3 is 2.65 bits per heavy atom. The van der Waals surface area contributed by atoms with Crippen molar-refractivity contribution in [3.8, 4) is 5.75 Å². The van der Waals surface area contributed by atoms with Crippen molar-refractivity contribution in [3.63, 3.8) is 0 Å². The second-order valence-corrected chi connectivity index (χ2v) is 5.50. The fourth-order valence-corrected chi connectivity index (χ4v) is 2.53. The fourth-order valence-electron chi connectivity index (χ4n) is 2.53. The predicted molar refractivity (Wildman–Crippen MR) is 92.8 cm³/mol. The summed E-state index contributed by atoms with van der Waals surface area (Å²) in [5, 5.41) is 3.07. The number of benzene rings is 2. The number of ether oxygens (including phenoxy) is 2. The number of amides is 1. The molecule has 1 heterocycles. The van der Waals surface area contributed by atoms with Crippen LogP contribution in [-0.4, -0.2) is 25.6 Å². The third-order valence-corrected chi connectivity index (χ3v) is 3.82. The van der Waals surface area contributed by atoms with Crippen LogP contribution in [0.4, 0.5) is 10.1 Å². The number of para-hydroxylation sites is 3. The number of halogens is 1. The summed E-state index contributed by atoms with van der Waals surface area (Å²) in [7, 11) is 1.48. The molecule has 134 valence electrons. The van der Waals surface area contributed by atoms with Gasteiger partial charge in [-0.3, -0.25) is 4.79 Å². The van der Waals surface area contributed by atoms with E-state index in [1.165, 1.54) is 19.2 Å². The molecule has 7 heteroatoms. The van der Waals surface area contributed by atoms with E-state index in [0.717, 1.165) is 0 Å². The molecule has 3 rings (SSSR count). The highest BCUT2D eigenvalue weighted by Crippen LogP contribution is 2.28. The molecule has 0 saturated carbocycles. The zero-order valence-electron chi connectivity index (χ0n) is 14.2. The Morgan fingerprint density at radius 2 is 1.92 bits per heavy atom. The van der Waals surface area contributed by atoms with Crippen LogP contribution in [0, 0.1) is 12.7 Å². The van der Waals surface area contributed by atoms with E-state index in [0.29, 0.717) is 22.4 Å². The van der Waals surface area contributed by atoms with Gasteiger partial charge in [0.2, 0.25) is 5.76 Å². The fraction of sp³-hybridized carbons (Fsp3) is 0.158. The van der Waals surface area contributed by atoms with E-state index in [-0.39, 0.29) is 11.3 Å². The quantitative estimate of drug-likeness (QED) is 0.705. The van der Waals surface area contributed by atoms with Crippen LogP contribution < -0.4 is 10.1 Å². The first kappa shape index (κ1) is 17.5. The summed E-state index contributed by atoms with van der Waals surface area (Å²) < 4.78 is 29.1. The minimum absolute atomic E-state index is 0.0181. The molecule has 6 nitrogen and oxygen atoms in total. The van der Waals surface area contributed by atoms with Crippen LogP contribution in [0.3, 0.4) is 0 Å². The predicted octanol–water partition coefficient (Wildman–Crippen LogP) is 3.68. The van der Waals surface area contributed by atoms with E-state index in [4.69, 9.17) is 13.9 Å². The molecule has 1 amide bonds. The van der Waals surface area contributed by atoms with Crippen LogP contribution in [0.1, 0.15) is 16.1 Å². The van der Waals surface area contributed by atoms with Gasteiger partial charge >= 0.3 is 5.97 Å². The number of fused-ring (bicyclic) bond motifs is 1. The average Bonchev–Trinajstić information content (AvgIpc) is 2.98. The van der Waals surface area contributed by atoms with Crippen LogP contribution in [0.25, 0.3) is 11.0 Å². The van der Waals surface area contributed by atoms with Crippen molar-refractivity contribution in [1.29, 1.82) is 0 Å². The lowest BCUT2D eigenvalue weighted by molar-refractivity contribution is -0.119. The molecule has 0 spiro atoms. The number of hydrogen-bond donors (Lipinski definition) is 1. The number of esters is 1. The molecule has 0 atom stereocenters. The van der Waals surface area contributed by atoms with Crippen molar-refractivity contribution in [1.82, 2.24) is 0 Å². The Balaban J connectivity index is 1.68. The van der Waals surface area contributed by atoms with Gasteiger partial charge in [0.25, 0.3) is 5.91 Å². The third kappa shape index (κ3) is 3.37. The largest absolute Gasteiger partial charge is 0.495 e. The monoisotopic (exact) mass is 357 g/mol. The SMILES string of the molecule is COc1ccccc1NC(=O)COC(=O)c1oc2c(F)cccc2c1C. The molecule has 0 aliphatic rings. The Labute approximate surface area is 148 Å². The normalized spacial score (nSPS) is 10.6. The molecule has 0 aliphatic heterocycles. The number of hydrogen-bond acceptors (Lipinski definition) is 5. The lowest BCUT2D eigenvalue weighted by Gasteiger charge is -2.09. The highest BCUT2D eigenvalue weighted by atomic mass is 19.1. The standard InChI is InChI=1S/C19H16FNO5/c1-11-12-6-5-7-13(20)18(12)26-17(11)19(23)25-10-16(22)21-14-8-3-4-9-15(14)24-2/h3-9H,10H2,1-2H3,(H,21,22). The van der Waals surface area contributed by atoms with Crippen molar-refractivity contribution < 1.29 is 27.9 Å². The molecule has 0 aliphatic carbocycles. The first-order valence-corrected chi connectivity index (χ1v) is 7.79. The smallest absolute Gasteiger partial charge is 0.375 e. The van der Waals surface area contributed by atoms with Crippen LogP contribution in [0.2, 0.25) is 0 Å². The van der Waals surface area contributed by atoms with Crippen LogP contribution in [0.15, 0.2) is 46.9 Å². The lowest BCUT2D eigenvalue weighted by Crippen LogP contribution is -2.21. The van der Waals surface area contributed by atoms with Crippen molar-refractivity contribution in [3.05, 3.63) is 59.6 Å². The molecule has 0 fully saturated rings. The Bertz CT molecular complexity index is 979. The molecule has 26 heavy (non-hydrogen) atoms. The molecular formula is C19H16FNO5. The van der Waals surface area contributed by atoms with E-state index < -0.39 is 24.3 Å². The highest BCUT2D eigenvalue weighted by Gasteiger charge is 2.21. The number of carbonyl (C=O) groups is 2. The summed E-state index contributed by atoms with van der Waals surface area (Å²) in [6.07, 6.45) is 0. The average molecular weight is 357 g/mol. The summed E-state index contributed by atoms with van der Waals surface area (Å²) in [4.78, 5) is 24.2. The van der Waals surface area contributed by atoms with Crippen molar-refractivity contribution >= 4 is 28.5 Å². The van der Waals surface area contributed by atoms with Crippen molar-refractivity contribution in [2.75, 3.05) is 19.0 Å². The van der Waals surface area contributed by atoms with Crippen LogP contribution >= 0.6 is 0 Å². The minimum Gasteiger partial charge on any atom is -0.495 e. The highest BCUT2D eigenvalue weighted by molar-refractivity contribution is 5.98.